The first-order valence-electron chi connectivity index (χ1n) is 11.0. The summed E-state index contributed by atoms with van der Waals surface area (Å²) in [5.74, 6) is -3.25. The highest BCUT2D eigenvalue weighted by Gasteiger charge is 2.57. The predicted octanol–water partition coefficient (Wildman–Crippen LogP) is 3.72. The zero-order valence-corrected chi connectivity index (χ0v) is 17.3. The molecule has 1 aromatic heterocycles. The number of nitrogens with one attached hydrogen (secondary N) is 1. The van der Waals surface area contributed by atoms with Gasteiger partial charge in [0.1, 0.15) is 0 Å². The molecule has 4 aliphatic carbocycles. The fourth-order valence-electron chi connectivity index (χ4n) is 6.43. The number of amides is 1. The maximum absolute atomic E-state index is 13.8. The van der Waals surface area contributed by atoms with Gasteiger partial charge in [-0.3, -0.25) is 4.79 Å². The summed E-state index contributed by atoms with van der Waals surface area (Å²) in [6.45, 7) is -0.662. The van der Waals surface area contributed by atoms with Crippen LogP contribution in [-0.2, 0) is 6.18 Å². The fraction of sp³-hybridized carbons (Fsp3) is 0.762. The number of hydrogen-bond acceptors (Lipinski definition) is 5. The second-order valence-corrected chi connectivity index (χ2v) is 9.94. The van der Waals surface area contributed by atoms with Crippen molar-refractivity contribution < 1.29 is 31.9 Å². The molecule has 0 aromatic carbocycles. The van der Waals surface area contributed by atoms with E-state index in [9.17, 15) is 31.9 Å². The summed E-state index contributed by atoms with van der Waals surface area (Å²) in [6.07, 6.45) is -1.76. The average Bonchev–Trinajstić information content (AvgIpc) is 2.70. The number of aromatic nitrogens is 2. The van der Waals surface area contributed by atoms with Crippen LogP contribution in [0.15, 0.2) is 6.20 Å². The van der Waals surface area contributed by atoms with Crippen LogP contribution in [0.1, 0.15) is 61.0 Å². The summed E-state index contributed by atoms with van der Waals surface area (Å²) in [5, 5.41) is 13.9. The van der Waals surface area contributed by atoms with Gasteiger partial charge in [0, 0.05) is 32.1 Å². The van der Waals surface area contributed by atoms with E-state index in [1.54, 1.807) is 0 Å². The zero-order valence-electron chi connectivity index (χ0n) is 17.3. The molecule has 1 saturated heterocycles. The third kappa shape index (κ3) is 3.72. The van der Waals surface area contributed by atoms with Crippen molar-refractivity contribution in [3.63, 3.8) is 0 Å². The van der Waals surface area contributed by atoms with Crippen molar-refractivity contribution in [2.75, 3.05) is 18.4 Å². The molecule has 4 bridgehead atoms. The van der Waals surface area contributed by atoms with E-state index in [0.29, 0.717) is 24.7 Å². The quantitative estimate of drug-likeness (QED) is 0.673. The van der Waals surface area contributed by atoms with Gasteiger partial charge in [-0.25, -0.2) is 18.7 Å². The molecule has 32 heavy (non-hydrogen) atoms. The number of aliphatic hydroxyl groups excluding tert-OH is 1. The molecule has 3 unspecified atom stereocenters. The minimum absolute atomic E-state index is 0.119. The van der Waals surface area contributed by atoms with Crippen LogP contribution in [0.4, 0.5) is 27.9 Å². The van der Waals surface area contributed by atoms with Crippen LogP contribution in [-0.4, -0.2) is 56.5 Å². The Labute approximate surface area is 181 Å². The van der Waals surface area contributed by atoms with E-state index < -0.39 is 53.7 Å². The average molecular weight is 460 g/mol. The molecular formula is C21H25F5N4O2. The van der Waals surface area contributed by atoms with Gasteiger partial charge >= 0.3 is 6.18 Å². The van der Waals surface area contributed by atoms with Crippen molar-refractivity contribution in [3.05, 3.63) is 17.5 Å². The van der Waals surface area contributed by atoms with E-state index >= 15 is 0 Å². The summed E-state index contributed by atoms with van der Waals surface area (Å²) in [4.78, 5) is 21.3. The lowest BCUT2D eigenvalue weighted by atomic mass is 9.51. The van der Waals surface area contributed by atoms with E-state index in [1.165, 1.54) is 0 Å². The predicted molar refractivity (Wildman–Crippen MR) is 103 cm³/mol. The molecule has 0 radical (unpaired) electrons. The highest BCUT2D eigenvalue weighted by atomic mass is 19.4. The second kappa shape index (κ2) is 7.23. The number of carbonyl (C=O) groups excluding carboxylic acids is 1. The van der Waals surface area contributed by atoms with Crippen LogP contribution in [0.5, 0.6) is 0 Å². The van der Waals surface area contributed by atoms with Gasteiger partial charge in [0.05, 0.1) is 17.2 Å². The minimum atomic E-state index is -4.93. The molecule has 6 nitrogen and oxygen atoms in total. The van der Waals surface area contributed by atoms with Crippen LogP contribution in [0.3, 0.4) is 0 Å². The molecule has 2 heterocycles. The van der Waals surface area contributed by atoms with Gasteiger partial charge in [-0.1, -0.05) is 0 Å². The van der Waals surface area contributed by atoms with E-state index in [4.69, 9.17) is 0 Å². The van der Waals surface area contributed by atoms with Crippen LogP contribution < -0.4 is 5.32 Å². The smallest absolute Gasteiger partial charge is 0.390 e. The Balaban J connectivity index is 1.42. The first kappa shape index (κ1) is 21.8. The van der Waals surface area contributed by atoms with E-state index in [0.717, 1.165) is 30.4 Å². The number of carbonyl (C=O) groups is 1. The molecule has 176 valence electrons. The summed E-state index contributed by atoms with van der Waals surface area (Å²) in [5.41, 5.74) is -2.91. The molecule has 3 atom stereocenters. The summed E-state index contributed by atoms with van der Waals surface area (Å²) >= 11 is 0. The molecule has 2 N–H and O–H groups in total. The second-order valence-electron chi connectivity index (χ2n) is 9.94. The minimum Gasteiger partial charge on any atom is -0.390 e. The molecule has 0 spiro atoms. The third-order valence-electron chi connectivity index (χ3n) is 7.69. The first-order valence-corrected chi connectivity index (χ1v) is 11.0. The Morgan fingerprint density at radius 1 is 1.12 bits per heavy atom. The zero-order chi connectivity index (χ0) is 22.9. The van der Waals surface area contributed by atoms with Gasteiger partial charge in [0.25, 0.3) is 11.8 Å². The van der Waals surface area contributed by atoms with Crippen LogP contribution in [0, 0.1) is 17.8 Å². The van der Waals surface area contributed by atoms with Crippen molar-refractivity contribution in [3.8, 4) is 0 Å². The lowest BCUT2D eigenvalue weighted by Crippen LogP contribution is -2.64. The monoisotopic (exact) mass is 460 g/mol. The molecule has 1 amide bonds. The number of halogens is 5. The van der Waals surface area contributed by atoms with Gasteiger partial charge in [-0.05, 0) is 49.9 Å². The third-order valence-corrected chi connectivity index (χ3v) is 7.69. The molecule has 4 saturated carbocycles. The summed E-state index contributed by atoms with van der Waals surface area (Å²) in [6, 6.07) is 0. The van der Waals surface area contributed by atoms with Crippen molar-refractivity contribution >= 4 is 11.9 Å². The van der Waals surface area contributed by atoms with Gasteiger partial charge in [-0.15, -0.1) is 0 Å². The molecule has 5 fully saturated rings. The van der Waals surface area contributed by atoms with Crippen LogP contribution in [0.25, 0.3) is 0 Å². The standard InChI is InChI=1S/C21H25F5N4O2/c22-20(23)1-3-30(4-2-20)17(32)14-10-27-18(28-15(14)21(24,25)26)29-19-8-11-5-12(9-19)7-13(6-11)16(19)31/h10-13,16,31H,1-9H2,(H,27,28,29). The molecule has 6 rings (SSSR count). The Kier molecular flexibility index (Phi) is 4.92. The molecule has 11 heteroatoms. The van der Waals surface area contributed by atoms with Crippen LogP contribution in [0.2, 0.25) is 0 Å². The highest BCUT2D eigenvalue weighted by molar-refractivity contribution is 5.95. The maximum Gasteiger partial charge on any atom is 0.434 e. The number of piperidine rings is 1. The number of rotatable bonds is 3. The first-order chi connectivity index (χ1) is 15.0. The topological polar surface area (TPSA) is 78.3 Å². The largest absolute Gasteiger partial charge is 0.434 e. The Morgan fingerprint density at radius 3 is 2.34 bits per heavy atom. The van der Waals surface area contributed by atoms with E-state index in [2.05, 4.69) is 15.3 Å². The van der Waals surface area contributed by atoms with E-state index in [1.807, 2.05) is 0 Å². The number of alkyl halides is 5. The van der Waals surface area contributed by atoms with Crippen molar-refractivity contribution in [2.45, 2.75) is 68.7 Å². The lowest BCUT2D eigenvalue weighted by Gasteiger charge is -2.59. The molecule has 5 aliphatic rings. The molecule has 1 aliphatic heterocycles. The van der Waals surface area contributed by atoms with Crippen molar-refractivity contribution in [1.82, 2.24) is 14.9 Å². The Morgan fingerprint density at radius 2 is 1.75 bits per heavy atom. The molecule has 1 aromatic rings. The number of nitrogens with zero attached hydrogens (tertiary/aromatic N) is 3. The lowest BCUT2D eigenvalue weighted by molar-refractivity contribution is -0.141. The van der Waals surface area contributed by atoms with Gasteiger partial charge in [-0.2, -0.15) is 13.2 Å². The fourth-order valence-corrected chi connectivity index (χ4v) is 6.43. The number of hydrogen-bond donors (Lipinski definition) is 2. The SMILES string of the molecule is O=C(c1cnc(NC23CC4CC(CC(C4)C2O)C3)nc1C(F)(F)F)N1CCC(F)(F)CC1. The van der Waals surface area contributed by atoms with Crippen LogP contribution >= 0.6 is 0 Å². The Hall–Kier alpha value is -2.04. The maximum atomic E-state index is 13.8. The van der Waals surface area contributed by atoms with Gasteiger partial charge < -0.3 is 15.3 Å². The summed E-state index contributed by atoms with van der Waals surface area (Å²) in [7, 11) is 0. The highest BCUT2D eigenvalue weighted by Crippen LogP contribution is 2.56. The number of likely N-dealkylation sites (tertiary alicyclic amines) is 1. The normalized spacial score (nSPS) is 35.8. The summed E-state index contributed by atoms with van der Waals surface area (Å²) < 4.78 is 68.1. The number of aliphatic hydroxyl groups is 1. The van der Waals surface area contributed by atoms with Gasteiger partial charge in [0.15, 0.2) is 5.69 Å². The van der Waals surface area contributed by atoms with Gasteiger partial charge in [0.2, 0.25) is 5.95 Å². The van der Waals surface area contributed by atoms with E-state index in [-0.39, 0.29) is 25.0 Å². The number of anilines is 1. The van der Waals surface area contributed by atoms with Crippen molar-refractivity contribution in [1.29, 1.82) is 0 Å². The Bertz CT molecular complexity index is 900. The molecular weight excluding hydrogens is 435 g/mol. The van der Waals surface area contributed by atoms with Crippen molar-refractivity contribution in [2.24, 2.45) is 17.8 Å².